The van der Waals surface area contributed by atoms with Crippen LogP contribution in [0.25, 0.3) is 0 Å². The Morgan fingerprint density at radius 1 is 1.85 bits per heavy atom. The van der Waals surface area contributed by atoms with Gasteiger partial charge in [0.1, 0.15) is 11.8 Å². The topological polar surface area (TPSA) is 83.5 Å². The van der Waals surface area contributed by atoms with Crippen LogP contribution in [0.2, 0.25) is 0 Å². The number of hydrogen-bond acceptors (Lipinski definition) is 3. The Balaban J connectivity index is 3.57. The van der Waals surface area contributed by atoms with Crippen molar-refractivity contribution in [2.75, 3.05) is 0 Å². The highest BCUT2D eigenvalue weighted by Gasteiger charge is 2.11. The first kappa shape index (κ1) is 4.11. The van der Waals surface area contributed by atoms with E-state index in [1.165, 1.54) is 0 Å². The summed E-state index contributed by atoms with van der Waals surface area (Å²) in [5.74, 6) is -2.79. The smallest absolute Gasteiger partial charge is 0.320 e. The van der Waals surface area contributed by atoms with Crippen molar-refractivity contribution in [1.82, 2.24) is 0 Å². The van der Waals surface area contributed by atoms with E-state index in [2.05, 4.69) is 0 Å². The van der Waals surface area contributed by atoms with Gasteiger partial charge in [0.2, 0.25) is 0 Å². The number of aromatic hydroxyl groups is 1. The molecule has 4 N–H and O–H groups in total. The number of nitrogens with two attached hydrogens (primary N) is 1. The SMILES string of the molecule is [2H]c1c([2H])c(O)c([2H])c(C([2H])[C@@]([2H])(N)C(=O)O)c1[2H]. The molecular weight excluding hydrogens is 170 g/mol. The molecule has 1 unspecified atom stereocenters. The molecule has 0 fully saturated rings. The van der Waals surface area contributed by atoms with Crippen LogP contribution < -0.4 is 5.73 Å². The number of aliphatic carboxylic acids is 1. The normalized spacial score (nSPS) is 23.8. The molecule has 0 bridgehead atoms. The van der Waals surface area contributed by atoms with Crippen molar-refractivity contribution in [2.45, 2.75) is 12.4 Å². The van der Waals surface area contributed by atoms with Gasteiger partial charge in [0, 0.05) is 1.37 Å². The maximum atomic E-state index is 10.8. The minimum Gasteiger partial charge on any atom is -0.508 e. The second-order valence-electron chi connectivity index (χ2n) is 2.17. The minimum atomic E-state index is -2.84. The van der Waals surface area contributed by atoms with E-state index >= 15 is 0 Å². The summed E-state index contributed by atoms with van der Waals surface area (Å²) >= 11 is 0. The summed E-state index contributed by atoms with van der Waals surface area (Å²) in [4.78, 5) is 10.8. The number of carboxylic acids is 1. The molecule has 1 aromatic rings. The summed E-state index contributed by atoms with van der Waals surface area (Å²) in [5, 5.41) is 18.2. The Morgan fingerprint density at radius 2 is 2.54 bits per heavy atom. The molecule has 2 atom stereocenters. The average Bonchev–Trinajstić information content (AvgIpc) is 2.33. The lowest BCUT2D eigenvalue weighted by atomic mass is 10.1. The molecule has 0 radical (unpaired) electrons. The Labute approximate surface area is 84.0 Å². The second kappa shape index (κ2) is 3.91. The molecule has 1 rings (SSSR count). The lowest BCUT2D eigenvalue weighted by molar-refractivity contribution is -0.138. The molecule has 4 heteroatoms. The molecule has 0 saturated carbocycles. The third-order valence-corrected chi connectivity index (χ3v) is 1.18. The van der Waals surface area contributed by atoms with E-state index in [1.54, 1.807) is 0 Å². The molecule has 0 aliphatic heterocycles. The molecule has 70 valence electrons. The number of hydrogen-bond donors (Lipinski definition) is 3. The van der Waals surface area contributed by atoms with Crippen LogP contribution in [0, 0.1) is 0 Å². The van der Waals surface area contributed by atoms with Gasteiger partial charge in [-0.05, 0) is 24.0 Å². The summed E-state index contributed by atoms with van der Waals surface area (Å²) in [6.07, 6.45) is -2.06. The standard InChI is InChI=1S/C9H11NO3/c10-8(9(12)13)5-6-2-1-3-7(11)4-6/h1-4,8,11H,5,10H2,(H,12,13)/t8-/m1/s1/i1D,2D,3D,4D,5D,8D/t5?,8-. The Kier molecular flexibility index (Phi) is 1.23. The van der Waals surface area contributed by atoms with Crippen LogP contribution in [-0.4, -0.2) is 22.2 Å². The summed E-state index contributed by atoms with van der Waals surface area (Å²) < 4.78 is 44.6. The van der Waals surface area contributed by atoms with Gasteiger partial charge in [0.05, 0.1) is 6.85 Å². The molecule has 0 spiro atoms. The van der Waals surface area contributed by atoms with E-state index in [0.717, 1.165) is 0 Å². The largest absolute Gasteiger partial charge is 0.508 e. The van der Waals surface area contributed by atoms with E-state index < -0.39 is 53.9 Å². The number of benzene rings is 1. The minimum absolute atomic E-state index is 0.668. The predicted octanol–water partition coefficient (Wildman–Crippen LogP) is 0.347. The van der Waals surface area contributed by atoms with Gasteiger partial charge < -0.3 is 15.9 Å². The number of carbonyl (C=O) groups is 1. The monoisotopic (exact) mass is 187 g/mol. The molecule has 4 nitrogen and oxygen atoms in total. The second-order valence-corrected chi connectivity index (χ2v) is 2.17. The van der Waals surface area contributed by atoms with Crippen molar-refractivity contribution in [2.24, 2.45) is 5.73 Å². The van der Waals surface area contributed by atoms with Gasteiger partial charge in [-0.1, -0.05) is 12.1 Å². The molecule has 0 amide bonds. The van der Waals surface area contributed by atoms with Gasteiger partial charge in [-0.2, -0.15) is 0 Å². The first-order valence-electron chi connectivity index (χ1n) is 6.34. The fraction of sp³-hybridized carbons (Fsp3) is 0.222. The van der Waals surface area contributed by atoms with Gasteiger partial charge in [-0.3, -0.25) is 4.79 Å². The highest BCUT2D eigenvalue weighted by Crippen LogP contribution is 2.11. The van der Waals surface area contributed by atoms with Gasteiger partial charge in [-0.25, -0.2) is 0 Å². The van der Waals surface area contributed by atoms with Gasteiger partial charge in [0.25, 0.3) is 0 Å². The van der Waals surface area contributed by atoms with Crippen molar-refractivity contribution < 1.29 is 23.2 Å². The summed E-state index contributed by atoms with van der Waals surface area (Å²) in [6.45, 7) is 0. The first-order valence-corrected chi connectivity index (χ1v) is 3.27. The van der Waals surface area contributed by atoms with E-state index in [0.29, 0.717) is 0 Å². The zero-order valence-corrected chi connectivity index (χ0v) is 6.46. The zero-order valence-electron chi connectivity index (χ0n) is 12.5. The van der Waals surface area contributed by atoms with Crippen LogP contribution in [0.1, 0.15) is 13.8 Å². The quantitative estimate of drug-likeness (QED) is 0.637. The number of phenolic OH excluding ortho intramolecular Hbond substituents is 1. The van der Waals surface area contributed by atoms with Crippen LogP contribution in [0.5, 0.6) is 5.75 Å². The maximum absolute atomic E-state index is 10.8. The van der Waals surface area contributed by atoms with Crippen molar-refractivity contribution in [3.63, 3.8) is 0 Å². The van der Waals surface area contributed by atoms with Crippen LogP contribution in [0.15, 0.2) is 24.2 Å². The summed E-state index contributed by atoms with van der Waals surface area (Å²) in [7, 11) is 0. The highest BCUT2D eigenvalue weighted by atomic mass is 16.4. The molecule has 0 aliphatic carbocycles. The fourth-order valence-corrected chi connectivity index (χ4v) is 0.637. The lowest BCUT2D eigenvalue weighted by Crippen LogP contribution is -2.32. The number of rotatable bonds is 3. The van der Waals surface area contributed by atoms with E-state index in [9.17, 15) is 9.90 Å². The Morgan fingerprint density at radius 3 is 3.15 bits per heavy atom. The van der Waals surface area contributed by atoms with Crippen molar-refractivity contribution >= 4 is 5.97 Å². The van der Waals surface area contributed by atoms with Crippen LogP contribution in [-0.2, 0) is 11.2 Å². The summed E-state index contributed by atoms with van der Waals surface area (Å²) in [5.41, 5.74) is 4.47. The molecular formula is C9H11NO3. The third-order valence-electron chi connectivity index (χ3n) is 1.18. The van der Waals surface area contributed by atoms with Gasteiger partial charge >= 0.3 is 5.97 Å². The molecule has 0 heterocycles. The van der Waals surface area contributed by atoms with Crippen molar-refractivity contribution in [3.05, 3.63) is 29.7 Å². The fourth-order valence-electron chi connectivity index (χ4n) is 0.637. The van der Waals surface area contributed by atoms with E-state index in [4.69, 9.17) is 19.1 Å². The average molecular weight is 187 g/mol. The number of phenols is 1. The first-order chi connectivity index (χ1) is 8.53. The van der Waals surface area contributed by atoms with Gasteiger partial charge in [0.15, 0.2) is 0 Å². The lowest BCUT2D eigenvalue weighted by Gasteiger charge is -2.05. The van der Waals surface area contributed by atoms with Crippen LogP contribution >= 0.6 is 0 Å². The van der Waals surface area contributed by atoms with Crippen molar-refractivity contribution in [3.8, 4) is 5.75 Å². The third kappa shape index (κ3) is 2.76. The van der Waals surface area contributed by atoms with E-state index in [1.807, 2.05) is 0 Å². The van der Waals surface area contributed by atoms with Crippen molar-refractivity contribution in [1.29, 1.82) is 0 Å². The molecule has 0 aromatic heterocycles. The highest BCUT2D eigenvalue weighted by molar-refractivity contribution is 5.73. The Hall–Kier alpha value is -1.55. The van der Waals surface area contributed by atoms with Crippen LogP contribution in [0.4, 0.5) is 0 Å². The maximum Gasteiger partial charge on any atom is 0.320 e. The number of carboxylic acid groups (broad SMARTS) is 1. The molecule has 1 aromatic carbocycles. The Bertz CT molecular complexity index is 518. The zero-order chi connectivity index (χ0) is 15.1. The molecule has 0 saturated heterocycles. The van der Waals surface area contributed by atoms with Gasteiger partial charge in [-0.15, -0.1) is 0 Å². The predicted molar refractivity (Wildman–Crippen MR) is 47.4 cm³/mol. The molecule has 0 aliphatic rings. The van der Waals surface area contributed by atoms with Crippen LogP contribution in [0.3, 0.4) is 0 Å². The van der Waals surface area contributed by atoms with E-state index in [-0.39, 0.29) is 0 Å². The summed E-state index contributed by atoms with van der Waals surface area (Å²) in [6, 6.07) is -5.98. The molecule has 13 heavy (non-hydrogen) atoms.